The second-order valence-electron chi connectivity index (χ2n) is 4.97. The van der Waals surface area contributed by atoms with E-state index in [1.54, 1.807) is 0 Å². The van der Waals surface area contributed by atoms with Crippen LogP contribution in [0.5, 0.6) is 0 Å². The molecule has 0 aliphatic carbocycles. The van der Waals surface area contributed by atoms with Crippen LogP contribution in [0.4, 0.5) is 0 Å². The topological polar surface area (TPSA) is 54.2 Å². The SMILES string of the molecule is CCCN(Cc1nnc(CC)o1)CC1CCCN1. The molecule has 0 radical (unpaired) electrons. The molecule has 1 N–H and O–H groups in total. The fourth-order valence-corrected chi connectivity index (χ4v) is 2.46. The maximum atomic E-state index is 5.59. The molecule has 5 heteroatoms. The molecule has 0 spiro atoms. The molecule has 0 saturated carbocycles. The maximum absolute atomic E-state index is 5.59. The van der Waals surface area contributed by atoms with E-state index >= 15 is 0 Å². The minimum atomic E-state index is 0.630. The molecule has 2 heterocycles. The number of hydrogen-bond donors (Lipinski definition) is 1. The van der Waals surface area contributed by atoms with Crippen molar-refractivity contribution in [1.82, 2.24) is 20.4 Å². The summed E-state index contributed by atoms with van der Waals surface area (Å²) >= 11 is 0. The Morgan fingerprint density at radius 3 is 2.78 bits per heavy atom. The van der Waals surface area contributed by atoms with Gasteiger partial charge in [-0.3, -0.25) is 4.90 Å². The summed E-state index contributed by atoms with van der Waals surface area (Å²) in [5.41, 5.74) is 0. The standard InChI is InChI=1S/C13H24N4O/c1-3-8-17(9-11-6-5-7-14-11)10-13-16-15-12(4-2)18-13/h11,14H,3-10H2,1-2H3. The molecule has 2 rings (SSSR count). The van der Waals surface area contributed by atoms with E-state index in [1.807, 2.05) is 6.92 Å². The fourth-order valence-electron chi connectivity index (χ4n) is 2.46. The summed E-state index contributed by atoms with van der Waals surface area (Å²) < 4.78 is 5.59. The maximum Gasteiger partial charge on any atom is 0.230 e. The van der Waals surface area contributed by atoms with Crippen molar-refractivity contribution in [3.63, 3.8) is 0 Å². The molecular formula is C13H24N4O. The fraction of sp³-hybridized carbons (Fsp3) is 0.846. The third kappa shape index (κ3) is 3.78. The quantitative estimate of drug-likeness (QED) is 0.798. The summed E-state index contributed by atoms with van der Waals surface area (Å²) in [7, 11) is 0. The van der Waals surface area contributed by atoms with E-state index in [4.69, 9.17) is 4.42 Å². The second-order valence-corrected chi connectivity index (χ2v) is 4.97. The Morgan fingerprint density at radius 1 is 1.33 bits per heavy atom. The Balaban J connectivity index is 1.87. The van der Waals surface area contributed by atoms with E-state index < -0.39 is 0 Å². The molecular weight excluding hydrogens is 228 g/mol. The zero-order valence-electron chi connectivity index (χ0n) is 11.5. The Bertz CT molecular complexity index is 347. The van der Waals surface area contributed by atoms with Crippen LogP contribution in [0.2, 0.25) is 0 Å². The summed E-state index contributed by atoms with van der Waals surface area (Å²) in [6, 6.07) is 0.630. The van der Waals surface area contributed by atoms with Crippen LogP contribution in [0.3, 0.4) is 0 Å². The summed E-state index contributed by atoms with van der Waals surface area (Å²) in [5.74, 6) is 1.48. The summed E-state index contributed by atoms with van der Waals surface area (Å²) in [4.78, 5) is 2.41. The predicted octanol–water partition coefficient (Wildman–Crippen LogP) is 1.60. The van der Waals surface area contributed by atoms with Crippen LogP contribution in [-0.2, 0) is 13.0 Å². The van der Waals surface area contributed by atoms with Crippen LogP contribution in [0, 0.1) is 0 Å². The smallest absolute Gasteiger partial charge is 0.230 e. The van der Waals surface area contributed by atoms with E-state index in [1.165, 1.54) is 12.8 Å². The van der Waals surface area contributed by atoms with Crippen LogP contribution < -0.4 is 5.32 Å². The van der Waals surface area contributed by atoms with Gasteiger partial charge in [-0.25, -0.2) is 0 Å². The van der Waals surface area contributed by atoms with Gasteiger partial charge in [0.1, 0.15) is 0 Å². The van der Waals surface area contributed by atoms with Gasteiger partial charge in [-0.1, -0.05) is 13.8 Å². The first-order chi connectivity index (χ1) is 8.81. The highest BCUT2D eigenvalue weighted by Gasteiger charge is 2.19. The van der Waals surface area contributed by atoms with Gasteiger partial charge in [0.25, 0.3) is 0 Å². The van der Waals surface area contributed by atoms with E-state index in [0.29, 0.717) is 6.04 Å². The molecule has 1 atom stereocenters. The van der Waals surface area contributed by atoms with Crippen molar-refractivity contribution in [2.45, 2.75) is 52.1 Å². The van der Waals surface area contributed by atoms with Gasteiger partial charge in [0, 0.05) is 19.0 Å². The highest BCUT2D eigenvalue weighted by molar-refractivity contribution is 4.84. The largest absolute Gasteiger partial charge is 0.424 e. The average molecular weight is 252 g/mol. The normalized spacial score (nSPS) is 19.8. The number of hydrogen-bond acceptors (Lipinski definition) is 5. The molecule has 1 aliphatic heterocycles. The van der Waals surface area contributed by atoms with Crippen molar-refractivity contribution in [3.05, 3.63) is 11.8 Å². The monoisotopic (exact) mass is 252 g/mol. The number of aromatic nitrogens is 2. The van der Waals surface area contributed by atoms with Gasteiger partial charge < -0.3 is 9.73 Å². The number of nitrogens with zero attached hydrogens (tertiary/aromatic N) is 3. The van der Waals surface area contributed by atoms with Crippen LogP contribution in [0.25, 0.3) is 0 Å². The Labute approximate surface area is 109 Å². The highest BCUT2D eigenvalue weighted by Crippen LogP contribution is 2.10. The molecule has 5 nitrogen and oxygen atoms in total. The number of aryl methyl sites for hydroxylation is 1. The van der Waals surface area contributed by atoms with Crippen LogP contribution in [-0.4, -0.2) is 40.8 Å². The first-order valence-electron chi connectivity index (χ1n) is 7.08. The predicted molar refractivity (Wildman–Crippen MR) is 70.3 cm³/mol. The lowest BCUT2D eigenvalue weighted by Gasteiger charge is -2.23. The molecule has 0 amide bonds. The Hall–Kier alpha value is -0.940. The van der Waals surface area contributed by atoms with Gasteiger partial charge in [0.2, 0.25) is 11.8 Å². The minimum Gasteiger partial charge on any atom is -0.424 e. The molecule has 1 fully saturated rings. The van der Waals surface area contributed by atoms with E-state index in [0.717, 1.165) is 50.8 Å². The van der Waals surface area contributed by atoms with Gasteiger partial charge in [-0.05, 0) is 32.4 Å². The summed E-state index contributed by atoms with van der Waals surface area (Å²) in [6.45, 7) is 8.34. The minimum absolute atomic E-state index is 0.630. The van der Waals surface area contributed by atoms with Crippen molar-refractivity contribution < 1.29 is 4.42 Å². The lowest BCUT2D eigenvalue weighted by Crippen LogP contribution is -2.37. The molecule has 0 aromatic carbocycles. The third-order valence-electron chi connectivity index (χ3n) is 3.35. The van der Waals surface area contributed by atoms with E-state index in [2.05, 4.69) is 27.3 Å². The molecule has 102 valence electrons. The molecule has 1 aromatic rings. The lowest BCUT2D eigenvalue weighted by molar-refractivity contribution is 0.218. The molecule has 1 aromatic heterocycles. The average Bonchev–Trinajstić information content (AvgIpc) is 3.00. The van der Waals surface area contributed by atoms with Gasteiger partial charge in [-0.2, -0.15) is 0 Å². The summed E-state index contributed by atoms with van der Waals surface area (Å²) in [6.07, 6.45) is 4.54. The number of nitrogens with one attached hydrogen (secondary N) is 1. The van der Waals surface area contributed by atoms with Crippen molar-refractivity contribution >= 4 is 0 Å². The lowest BCUT2D eigenvalue weighted by atomic mass is 10.2. The van der Waals surface area contributed by atoms with Gasteiger partial charge in [-0.15, -0.1) is 10.2 Å². The Kier molecular flexibility index (Phi) is 5.13. The molecule has 1 saturated heterocycles. The van der Waals surface area contributed by atoms with Gasteiger partial charge >= 0.3 is 0 Å². The van der Waals surface area contributed by atoms with Crippen molar-refractivity contribution in [3.8, 4) is 0 Å². The van der Waals surface area contributed by atoms with Crippen LogP contribution in [0.15, 0.2) is 4.42 Å². The molecule has 1 aliphatic rings. The van der Waals surface area contributed by atoms with E-state index in [9.17, 15) is 0 Å². The zero-order valence-corrected chi connectivity index (χ0v) is 11.5. The van der Waals surface area contributed by atoms with Crippen molar-refractivity contribution in [2.24, 2.45) is 0 Å². The molecule has 18 heavy (non-hydrogen) atoms. The zero-order chi connectivity index (χ0) is 12.8. The van der Waals surface area contributed by atoms with Gasteiger partial charge in [0.05, 0.1) is 6.54 Å². The van der Waals surface area contributed by atoms with Crippen LogP contribution >= 0.6 is 0 Å². The second kappa shape index (κ2) is 6.85. The first-order valence-corrected chi connectivity index (χ1v) is 7.08. The van der Waals surface area contributed by atoms with Crippen LogP contribution in [0.1, 0.15) is 44.9 Å². The summed E-state index contributed by atoms with van der Waals surface area (Å²) in [5, 5.41) is 11.7. The molecule has 1 unspecified atom stereocenters. The third-order valence-corrected chi connectivity index (χ3v) is 3.35. The highest BCUT2D eigenvalue weighted by atomic mass is 16.4. The molecule has 0 bridgehead atoms. The van der Waals surface area contributed by atoms with Crippen molar-refractivity contribution in [2.75, 3.05) is 19.6 Å². The number of rotatable bonds is 7. The van der Waals surface area contributed by atoms with E-state index in [-0.39, 0.29) is 0 Å². The van der Waals surface area contributed by atoms with Crippen molar-refractivity contribution in [1.29, 1.82) is 0 Å². The Morgan fingerprint density at radius 2 is 2.17 bits per heavy atom. The first kappa shape index (κ1) is 13.5. The van der Waals surface area contributed by atoms with Gasteiger partial charge in [0.15, 0.2) is 0 Å².